The van der Waals surface area contributed by atoms with Crippen LogP contribution >= 0.6 is 11.8 Å². The second-order valence-corrected chi connectivity index (χ2v) is 7.63. The largest absolute Gasteiger partial charge is 0.352 e. The Hall–Kier alpha value is -2.12. The number of hydrogen-bond donors (Lipinski definition) is 1. The summed E-state index contributed by atoms with van der Waals surface area (Å²) in [6.45, 7) is 7.28. The van der Waals surface area contributed by atoms with Crippen molar-refractivity contribution in [2.24, 2.45) is 0 Å². The van der Waals surface area contributed by atoms with Crippen LogP contribution in [0.5, 0.6) is 0 Å². The Balaban J connectivity index is 2.33. The maximum absolute atomic E-state index is 12.9. The van der Waals surface area contributed by atoms with Crippen molar-refractivity contribution in [3.63, 3.8) is 0 Å². The van der Waals surface area contributed by atoms with Gasteiger partial charge in [-0.1, -0.05) is 30.0 Å². The molecule has 0 bridgehead atoms. The standard InChI is InChI=1S/C19H26N4O2S/c1-5-11-20-17(24)14(2)26-19-21-16-10-7-6-9-15(16)18(25)23(19)13-8-12-22(3)4/h5-7,9-10,14H,1,8,11-13H2,2-4H3,(H,20,24)/t14-/m0/s1. The first-order valence-corrected chi connectivity index (χ1v) is 9.51. The molecule has 0 aliphatic heterocycles. The van der Waals surface area contributed by atoms with Gasteiger partial charge in [0.25, 0.3) is 5.56 Å². The predicted octanol–water partition coefficient (Wildman–Crippen LogP) is 2.13. The first kappa shape index (κ1) is 20.2. The molecule has 0 aliphatic rings. The number of carbonyl (C=O) groups is 1. The van der Waals surface area contributed by atoms with Gasteiger partial charge in [0, 0.05) is 13.1 Å². The third kappa shape index (κ3) is 5.19. The van der Waals surface area contributed by atoms with Gasteiger partial charge >= 0.3 is 0 Å². The van der Waals surface area contributed by atoms with E-state index < -0.39 is 0 Å². The van der Waals surface area contributed by atoms with Crippen LogP contribution in [0.2, 0.25) is 0 Å². The van der Waals surface area contributed by atoms with Crippen molar-refractivity contribution in [3.8, 4) is 0 Å². The Morgan fingerprint density at radius 2 is 2.15 bits per heavy atom. The third-order valence-electron chi connectivity index (χ3n) is 3.89. The number of rotatable bonds is 9. The van der Waals surface area contributed by atoms with Gasteiger partial charge in [0.1, 0.15) is 0 Å². The Kier molecular flexibility index (Phi) is 7.41. The van der Waals surface area contributed by atoms with E-state index in [9.17, 15) is 9.59 Å². The van der Waals surface area contributed by atoms with Crippen molar-refractivity contribution >= 4 is 28.6 Å². The number of thioether (sulfide) groups is 1. The molecule has 140 valence electrons. The molecule has 0 radical (unpaired) electrons. The third-order valence-corrected chi connectivity index (χ3v) is 4.98. The summed E-state index contributed by atoms with van der Waals surface area (Å²) in [5, 5.41) is 3.60. The number of fused-ring (bicyclic) bond motifs is 1. The molecule has 1 amide bonds. The van der Waals surface area contributed by atoms with Crippen LogP contribution in [0.15, 0.2) is 46.9 Å². The van der Waals surface area contributed by atoms with Gasteiger partial charge in [-0.05, 0) is 46.1 Å². The van der Waals surface area contributed by atoms with Crippen LogP contribution in [0.3, 0.4) is 0 Å². The molecule has 1 aromatic heterocycles. The fraction of sp³-hybridized carbons (Fsp3) is 0.421. The molecule has 1 N–H and O–H groups in total. The molecule has 0 spiro atoms. The van der Waals surface area contributed by atoms with Crippen LogP contribution in [0.4, 0.5) is 0 Å². The van der Waals surface area contributed by atoms with E-state index in [0.717, 1.165) is 13.0 Å². The Morgan fingerprint density at radius 3 is 2.85 bits per heavy atom. The maximum Gasteiger partial charge on any atom is 0.262 e. The molecule has 1 atom stereocenters. The van der Waals surface area contributed by atoms with Crippen molar-refractivity contribution in [1.29, 1.82) is 0 Å². The van der Waals surface area contributed by atoms with Crippen LogP contribution in [-0.4, -0.2) is 52.8 Å². The normalized spacial score (nSPS) is 12.3. The molecule has 6 nitrogen and oxygen atoms in total. The maximum atomic E-state index is 12.9. The lowest BCUT2D eigenvalue weighted by Crippen LogP contribution is -2.32. The van der Waals surface area contributed by atoms with Crippen LogP contribution in [-0.2, 0) is 11.3 Å². The van der Waals surface area contributed by atoms with E-state index in [1.165, 1.54) is 11.8 Å². The Bertz CT molecular complexity index is 832. The van der Waals surface area contributed by atoms with Crippen LogP contribution in [0.1, 0.15) is 13.3 Å². The molecule has 7 heteroatoms. The van der Waals surface area contributed by atoms with Gasteiger partial charge in [-0.25, -0.2) is 4.98 Å². The van der Waals surface area contributed by atoms with E-state index in [4.69, 9.17) is 0 Å². The van der Waals surface area contributed by atoms with Gasteiger partial charge in [0.15, 0.2) is 5.16 Å². The van der Waals surface area contributed by atoms with Gasteiger partial charge in [0.05, 0.1) is 16.2 Å². The summed E-state index contributed by atoms with van der Waals surface area (Å²) in [6.07, 6.45) is 2.47. The minimum absolute atomic E-state index is 0.0597. The highest BCUT2D eigenvalue weighted by atomic mass is 32.2. The Labute approximate surface area is 158 Å². The van der Waals surface area contributed by atoms with Crippen LogP contribution in [0, 0.1) is 0 Å². The molecular weight excluding hydrogens is 348 g/mol. The number of carbonyl (C=O) groups excluding carboxylic acids is 1. The molecule has 1 heterocycles. The van der Waals surface area contributed by atoms with E-state index in [1.807, 2.05) is 39.2 Å². The van der Waals surface area contributed by atoms with Gasteiger partial charge in [-0.2, -0.15) is 0 Å². The van der Waals surface area contributed by atoms with Crippen molar-refractivity contribution in [3.05, 3.63) is 47.3 Å². The molecule has 0 unspecified atom stereocenters. The highest BCUT2D eigenvalue weighted by molar-refractivity contribution is 8.00. The predicted molar refractivity (Wildman–Crippen MR) is 108 cm³/mol. The average Bonchev–Trinajstić information content (AvgIpc) is 2.61. The zero-order valence-corrected chi connectivity index (χ0v) is 16.4. The summed E-state index contributed by atoms with van der Waals surface area (Å²) >= 11 is 1.31. The second kappa shape index (κ2) is 9.54. The van der Waals surface area contributed by atoms with E-state index in [0.29, 0.717) is 29.1 Å². The SMILES string of the molecule is C=CCNC(=O)[C@H](C)Sc1nc2ccccc2c(=O)n1CCCN(C)C. The smallest absolute Gasteiger partial charge is 0.262 e. The van der Waals surface area contributed by atoms with E-state index in [1.54, 1.807) is 16.7 Å². The highest BCUT2D eigenvalue weighted by Gasteiger charge is 2.19. The van der Waals surface area contributed by atoms with Crippen LogP contribution < -0.4 is 10.9 Å². The van der Waals surface area contributed by atoms with Crippen molar-refractivity contribution in [1.82, 2.24) is 19.8 Å². The van der Waals surface area contributed by atoms with Crippen LogP contribution in [0.25, 0.3) is 10.9 Å². The summed E-state index contributed by atoms with van der Waals surface area (Å²) in [6, 6.07) is 7.32. The average molecular weight is 375 g/mol. The second-order valence-electron chi connectivity index (χ2n) is 6.32. The quantitative estimate of drug-likeness (QED) is 0.414. The van der Waals surface area contributed by atoms with E-state index >= 15 is 0 Å². The molecule has 0 fully saturated rings. The number of hydrogen-bond acceptors (Lipinski definition) is 5. The molecule has 0 saturated carbocycles. The van der Waals surface area contributed by atoms with Gasteiger partial charge in [-0.15, -0.1) is 6.58 Å². The number of para-hydroxylation sites is 1. The van der Waals surface area contributed by atoms with Gasteiger partial charge in [0.2, 0.25) is 5.91 Å². The summed E-state index contributed by atoms with van der Waals surface area (Å²) in [4.78, 5) is 31.8. The van der Waals surface area contributed by atoms with Crippen molar-refractivity contribution in [2.45, 2.75) is 30.3 Å². The Morgan fingerprint density at radius 1 is 1.42 bits per heavy atom. The number of nitrogens with zero attached hydrogens (tertiary/aromatic N) is 3. The zero-order valence-electron chi connectivity index (χ0n) is 15.6. The topological polar surface area (TPSA) is 67.2 Å². The molecule has 2 rings (SSSR count). The lowest BCUT2D eigenvalue weighted by Gasteiger charge is -2.17. The molecule has 0 aliphatic carbocycles. The lowest BCUT2D eigenvalue weighted by molar-refractivity contribution is -0.120. The summed E-state index contributed by atoms with van der Waals surface area (Å²) < 4.78 is 1.69. The molecule has 0 saturated heterocycles. The van der Waals surface area contributed by atoms with Crippen molar-refractivity contribution < 1.29 is 4.79 Å². The number of amides is 1. The van der Waals surface area contributed by atoms with E-state index in [-0.39, 0.29) is 16.7 Å². The monoisotopic (exact) mass is 374 g/mol. The number of benzene rings is 1. The molecule has 2 aromatic rings. The fourth-order valence-corrected chi connectivity index (χ4v) is 3.47. The summed E-state index contributed by atoms with van der Waals surface area (Å²) in [5.74, 6) is -0.0999. The minimum atomic E-state index is -0.358. The molecular formula is C19H26N4O2S. The van der Waals surface area contributed by atoms with Gasteiger partial charge in [-0.3, -0.25) is 14.2 Å². The van der Waals surface area contributed by atoms with Gasteiger partial charge < -0.3 is 10.2 Å². The molecule has 1 aromatic carbocycles. The summed E-state index contributed by atoms with van der Waals surface area (Å²) in [7, 11) is 4.01. The minimum Gasteiger partial charge on any atom is -0.352 e. The first-order valence-electron chi connectivity index (χ1n) is 8.63. The lowest BCUT2D eigenvalue weighted by atomic mass is 10.2. The fourth-order valence-electron chi connectivity index (χ4n) is 2.51. The van der Waals surface area contributed by atoms with Crippen molar-refractivity contribution in [2.75, 3.05) is 27.2 Å². The number of aromatic nitrogens is 2. The first-order chi connectivity index (χ1) is 12.4. The van der Waals surface area contributed by atoms with E-state index in [2.05, 4.69) is 21.8 Å². The zero-order chi connectivity index (χ0) is 19.1. The highest BCUT2D eigenvalue weighted by Crippen LogP contribution is 2.22. The summed E-state index contributed by atoms with van der Waals surface area (Å²) in [5.41, 5.74) is 0.595. The molecule has 26 heavy (non-hydrogen) atoms. The number of nitrogens with one attached hydrogen (secondary N) is 1.